The van der Waals surface area contributed by atoms with E-state index in [0.29, 0.717) is 5.75 Å². The Morgan fingerprint density at radius 2 is 1.95 bits per heavy atom. The van der Waals surface area contributed by atoms with E-state index < -0.39 is 23.1 Å². The summed E-state index contributed by atoms with van der Waals surface area (Å²) in [5.41, 5.74) is -0.653. The fourth-order valence-electron chi connectivity index (χ4n) is 2.04. The summed E-state index contributed by atoms with van der Waals surface area (Å²) in [7, 11) is 0. The molecule has 1 aromatic rings. The zero-order chi connectivity index (χ0) is 16.9. The monoisotopic (exact) mass is 311 g/mol. The second-order valence-electron chi connectivity index (χ2n) is 6.27. The summed E-state index contributed by atoms with van der Waals surface area (Å²) in [4.78, 5) is 22.7. The number of rotatable bonds is 7. The van der Waals surface area contributed by atoms with Crippen LogP contribution in [0.2, 0.25) is 0 Å². The number of carbonyl (C=O) groups excluding carboxylic acids is 1. The van der Waals surface area contributed by atoms with Gasteiger partial charge in [0.15, 0.2) is 0 Å². The minimum atomic E-state index is -0.973. The van der Waals surface area contributed by atoms with Gasteiger partial charge in [-0.05, 0) is 31.4 Å². The molecule has 0 spiro atoms. The molecule has 6 heteroatoms. The molecule has 22 heavy (non-hydrogen) atoms. The summed E-state index contributed by atoms with van der Waals surface area (Å²) in [6.07, 6.45) is -0.218. The normalized spacial score (nSPS) is 11.4. The molecule has 122 valence electrons. The van der Waals surface area contributed by atoms with E-state index in [2.05, 4.69) is 5.32 Å². The van der Waals surface area contributed by atoms with Crippen LogP contribution in [0.25, 0.3) is 0 Å². The first-order chi connectivity index (χ1) is 10.1. The third kappa shape index (κ3) is 6.11. The third-order valence-electron chi connectivity index (χ3n) is 2.86. The first-order valence-electron chi connectivity index (χ1n) is 7.07. The molecular formula is C16H22FNO4. The highest BCUT2D eigenvalue weighted by Gasteiger charge is 2.25. The zero-order valence-corrected chi connectivity index (χ0v) is 13.3. The third-order valence-corrected chi connectivity index (χ3v) is 2.86. The molecule has 0 atom stereocenters. The van der Waals surface area contributed by atoms with Crippen molar-refractivity contribution in [3.63, 3.8) is 0 Å². The van der Waals surface area contributed by atoms with Crippen molar-refractivity contribution in [2.45, 2.75) is 46.6 Å². The Hall–Kier alpha value is -2.11. The number of anilines is 1. The van der Waals surface area contributed by atoms with Gasteiger partial charge in [-0.2, -0.15) is 0 Å². The Morgan fingerprint density at radius 3 is 2.45 bits per heavy atom. The van der Waals surface area contributed by atoms with Gasteiger partial charge >= 0.3 is 5.97 Å². The maximum Gasteiger partial charge on any atom is 0.303 e. The Bertz CT molecular complexity index is 555. The van der Waals surface area contributed by atoms with Gasteiger partial charge in [0.1, 0.15) is 11.6 Å². The number of carboxylic acids is 1. The number of carboxylic acid groups (broad SMARTS) is 1. The fraction of sp³-hybridized carbons (Fsp3) is 0.500. The second kappa shape index (κ2) is 7.24. The molecular weight excluding hydrogens is 289 g/mol. The SMILES string of the molecule is CC(C)Oc1ccc(NC(=O)CC(C)(C)CC(=O)O)c(F)c1. The lowest BCUT2D eigenvalue weighted by Crippen LogP contribution is -2.25. The molecule has 0 fully saturated rings. The van der Waals surface area contributed by atoms with Crippen molar-refractivity contribution in [2.75, 3.05) is 5.32 Å². The summed E-state index contributed by atoms with van der Waals surface area (Å²) < 4.78 is 19.3. The van der Waals surface area contributed by atoms with Crippen molar-refractivity contribution in [3.05, 3.63) is 24.0 Å². The van der Waals surface area contributed by atoms with Crippen molar-refractivity contribution < 1.29 is 23.8 Å². The van der Waals surface area contributed by atoms with E-state index >= 15 is 0 Å². The highest BCUT2D eigenvalue weighted by Crippen LogP contribution is 2.27. The molecule has 0 aliphatic rings. The first kappa shape index (κ1) is 17.9. The van der Waals surface area contributed by atoms with Crippen LogP contribution < -0.4 is 10.1 Å². The molecule has 0 saturated carbocycles. The predicted octanol–water partition coefficient (Wildman–Crippen LogP) is 3.44. The Kier molecular flexibility index (Phi) is 5.91. The molecule has 5 nitrogen and oxygen atoms in total. The maximum atomic E-state index is 13.9. The molecule has 0 radical (unpaired) electrons. The topological polar surface area (TPSA) is 75.6 Å². The van der Waals surface area contributed by atoms with Crippen molar-refractivity contribution >= 4 is 17.6 Å². The number of aliphatic carboxylic acids is 1. The molecule has 0 aliphatic heterocycles. The number of hydrogen-bond donors (Lipinski definition) is 2. The summed E-state index contributed by atoms with van der Waals surface area (Å²) in [5, 5.41) is 11.3. The average Bonchev–Trinajstić information content (AvgIpc) is 2.29. The fourth-order valence-corrected chi connectivity index (χ4v) is 2.04. The molecule has 0 aliphatic carbocycles. The number of carbonyl (C=O) groups is 2. The Labute approximate surface area is 129 Å². The van der Waals surface area contributed by atoms with Crippen LogP contribution in [0.5, 0.6) is 5.75 Å². The Morgan fingerprint density at radius 1 is 1.32 bits per heavy atom. The van der Waals surface area contributed by atoms with Gasteiger partial charge in [-0.15, -0.1) is 0 Å². The van der Waals surface area contributed by atoms with Crippen molar-refractivity contribution in [3.8, 4) is 5.75 Å². The maximum absolute atomic E-state index is 13.9. The van der Waals surface area contributed by atoms with Crippen LogP contribution in [0.4, 0.5) is 10.1 Å². The minimum Gasteiger partial charge on any atom is -0.491 e. The Balaban J connectivity index is 2.70. The number of nitrogens with one attached hydrogen (secondary N) is 1. The van der Waals surface area contributed by atoms with Crippen LogP contribution in [0, 0.1) is 11.2 Å². The smallest absolute Gasteiger partial charge is 0.303 e. The summed E-state index contributed by atoms with van der Waals surface area (Å²) >= 11 is 0. The van der Waals surface area contributed by atoms with Crippen molar-refractivity contribution in [2.24, 2.45) is 5.41 Å². The summed E-state index contributed by atoms with van der Waals surface area (Å²) in [6.45, 7) is 7.02. The summed E-state index contributed by atoms with van der Waals surface area (Å²) in [5.74, 6) is -1.61. The molecule has 1 rings (SSSR count). The molecule has 1 aromatic carbocycles. The second-order valence-corrected chi connectivity index (χ2v) is 6.27. The molecule has 0 heterocycles. The van der Waals surface area contributed by atoms with Crippen LogP contribution in [0.3, 0.4) is 0 Å². The van der Waals surface area contributed by atoms with E-state index in [4.69, 9.17) is 9.84 Å². The van der Waals surface area contributed by atoms with E-state index in [-0.39, 0.29) is 24.6 Å². The molecule has 2 N–H and O–H groups in total. The molecule has 1 amide bonds. The quantitative estimate of drug-likeness (QED) is 0.809. The summed E-state index contributed by atoms with van der Waals surface area (Å²) in [6, 6.07) is 4.20. The molecule has 0 bridgehead atoms. The van der Waals surface area contributed by atoms with E-state index in [1.54, 1.807) is 19.9 Å². The van der Waals surface area contributed by atoms with Gasteiger partial charge < -0.3 is 15.2 Å². The van der Waals surface area contributed by atoms with E-state index in [1.165, 1.54) is 12.1 Å². The lowest BCUT2D eigenvalue weighted by molar-refractivity contribution is -0.139. The van der Waals surface area contributed by atoms with Crippen molar-refractivity contribution in [1.82, 2.24) is 0 Å². The van der Waals surface area contributed by atoms with E-state index in [1.807, 2.05) is 13.8 Å². The lowest BCUT2D eigenvalue weighted by atomic mass is 9.85. The minimum absolute atomic E-state index is 0.0109. The van der Waals surface area contributed by atoms with Crippen LogP contribution in [0.15, 0.2) is 18.2 Å². The molecule has 0 saturated heterocycles. The highest BCUT2D eigenvalue weighted by molar-refractivity contribution is 5.91. The van der Waals surface area contributed by atoms with E-state index in [9.17, 15) is 14.0 Å². The average molecular weight is 311 g/mol. The number of hydrogen-bond acceptors (Lipinski definition) is 3. The lowest BCUT2D eigenvalue weighted by Gasteiger charge is -2.21. The van der Waals surface area contributed by atoms with Gasteiger partial charge in [-0.3, -0.25) is 9.59 Å². The van der Waals surface area contributed by atoms with E-state index in [0.717, 1.165) is 0 Å². The van der Waals surface area contributed by atoms with Gasteiger partial charge in [0.05, 0.1) is 18.2 Å². The molecule has 0 aromatic heterocycles. The number of amides is 1. The van der Waals surface area contributed by atoms with Gasteiger partial charge in [0, 0.05) is 12.5 Å². The van der Waals surface area contributed by atoms with Crippen LogP contribution in [-0.4, -0.2) is 23.1 Å². The van der Waals surface area contributed by atoms with Gasteiger partial charge in [0.25, 0.3) is 0 Å². The first-order valence-corrected chi connectivity index (χ1v) is 7.07. The predicted molar refractivity (Wildman–Crippen MR) is 81.4 cm³/mol. The number of benzene rings is 1. The van der Waals surface area contributed by atoms with Gasteiger partial charge in [-0.1, -0.05) is 13.8 Å². The van der Waals surface area contributed by atoms with Crippen LogP contribution >= 0.6 is 0 Å². The number of ether oxygens (including phenoxy) is 1. The van der Waals surface area contributed by atoms with Crippen molar-refractivity contribution in [1.29, 1.82) is 0 Å². The van der Waals surface area contributed by atoms with Crippen LogP contribution in [0.1, 0.15) is 40.5 Å². The largest absolute Gasteiger partial charge is 0.491 e. The standard InChI is InChI=1S/C16H22FNO4/c1-10(2)22-11-5-6-13(12(17)7-11)18-14(19)8-16(3,4)9-15(20)21/h5-7,10H,8-9H2,1-4H3,(H,18,19)(H,20,21). The van der Waals surface area contributed by atoms with Gasteiger partial charge in [-0.25, -0.2) is 4.39 Å². The zero-order valence-electron chi connectivity index (χ0n) is 13.3. The van der Waals surface area contributed by atoms with Gasteiger partial charge in [0.2, 0.25) is 5.91 Å². The van der Waals surface area contributed by atoms with Crippen LogP contribution in [-0.2, 0) is 9.59 Å². The molecule has 0 unspecified atom stereocenters. The number of halogens is 1. The highest BCUT2D eigenvalue weighted by atomic mass is 19.1.